The van der Waals surface area contributed by atoms with E-state index in [0.29, 0.717) is 17.2 Å². The Kier molecular flexibility index (Phi) is 3.92. The van der Waals surface area contributed by atoms with Gasteiger partial charge in [-0.15, -0.1) is 0 Å². The Morgan fingerprint density at radius 2 is 1.91 bits per heavy atom. The lowest BCUT2D eigenvalue weighted by Gasteiger charge is -2.38. The molecule has 1 saturated heterocycles. The molecule has 1 aromatic carbocycles. The third-order valence-electron chi connectivity index (χ3n) is 4.42. The number of piperidine rings is 1. The molecular formula is C18H22N2O2. The normalized spacial score (nSPS) is 21.8. The fraction of sp³-hybridized carbons (Fsp3) is 0.389. The lowest BCUT2D eigenvalue weighted by atomic mass is 9.97. The molecule has 3 rings (SSSR count). The summed E-state index contributed by atoms with van der Waals surface area (Å²) in [5, 5.41) is 0. The number of benzene rings is 1. The first-order valence-electron chi connectivity index (χ1n) is 7.84. The largest absolute Gasteiger partial charge is 0.451 e. The lowest BCUT2D eigenvalue weighted by molar-refractivity contribution is 0.0479. The maximum absolute atomic E-state index is 12.7. The van der Waals surface area contributed by atoms with Gasteiger partial charge in [-0.05, 0) is 57.4 Å². The van der Waals surface area contributed by atoms with Crippen molar-refractivity contribution in [2.75, 3.05) is 5.73 Å². The fourth-order valence-electron chi connectivity index (χ4n) is 3.25. The maximum atomic E-state index is 12.7. The summed E-state index contributed by atoms with van der Waals surface area (Å²) in [5.74, 6) is 1.06. The van der Waals surface area contributed by atoms with Gasteiger partial charge in [0, 0.05) is 23.3 Å². The van der Waals surface area contributed by atoms with Crippen molar-refractivity contribution in [3.63, 3.8) is 0 Å². The zero-order chi connectivity index (χ0) is 15.7. The summed E-state index contributed by atoms with van der Waals surface area (Å²) in [6.07, 6.45) is 3.29. The van der Waals surface area contributed by atoms with Crippen molar-refractivity contribution in [3.05, 3.63) is 42.2 Å². The molecule has 2 atom stereocenters. The molecule has 4 heteroatoms. The number of furan rings is 1. The molecule has 0 radical (unpaired) electrons. The maximum Gasteiger partial charge on any atom is 0.290 e. The molecular weight excluding hydrogens is 276 g/mol. The average molecular weight is 298 g/mol. The molecule has 0 aliphatic carbocycles. The first kappa shape index (κ1) is 14.7. The highest BCUT2D eigenvalue weighted by molar-refractivity contribution is 5.92. The molecule has 0 bridgehead atoms. The van der Waals surface area contributed by atoms with Gasteiger partial charge in [-0.3, -0.25) is 4.79 Å². The molecule has 2 heterocycles. The third-order valence-corrected chi connectivity index (χ3v) is 4.42. The molecule has 4 nitrogen and oxygen atoms in total. The van der Waals surface area contributed by atoms with Gasteiger partial charge < -0.3 is 15.1 Å². The smallest absolute Gasteiger partial charge is 0.290 e. The lowest BCUT2D eigenvalue weighted by Crippen LogP contribution is -2.47. The number of carbonyl (C=O) groups is 1. The molecule has 1 amide bonds. The first-order chi connectivity index (χ1) is 10.6. The van der Waals surface area contributed by atoms with Crippen molar-refractivity contribution in [2.45, 2.75) is 45.2 Å². The second-order valence-electron chi connectivity index (χ2n) is 6.13. The van der Waals surface area contributed by atoms with Gasteiger partial charge in [0.25, 0.3) is 5.91 Å². The summed E-state index contributed by atoms with van der Waals surface area (Å²) in [4.78, 5) is 14.7. The summed E-state index contributed by atoms with van der Waals surface area (Å²) in [7, 11) is 0. The van der Waals surface area contributed by atoms with Crippen LogP contribution in [-0.4, -0.2) is 22.9 Å². The Morgan fingerprint density at radius 3 is 2.59 bits per heavy atom. The van der Waals surface area contributed by atoms with E-state index in [-0.39, 0.29) is 18.0 Å². The minimum atomic E-state index is -0.0187. The number of nitrogens with two attached hydrogens (primary N) is 1. The molecule has 116 valence electrons. The number of nitrogens with zero attached hydrogens (tertiary/aromatic N) is 1. The number of amides is 1. The average Bonchev–Trinajstić information content (AvgIpc) is 2.97. The fourth-order valence-corrected chi connectivity index (χ4v) is 3.25. The highest BCUT2D eigenvalue weighted by Gasteiger charge is 2.31. The Hall–Kier alpha value is -2.23. The predicted molar refractivity (Wildman–Crippen MR) is 87.5 cm³/mol. The van der Waals surface area contributed by atoms with Gasteiger partial charge in [0.1, 0.15) is 5.76 Å². The van der Waals surface area contributed by atoms with Crippen LogP contribution in [0, 0.1) is 0 Å². The first-order valence-corrected chi connectivity index (χ1v) is 7.84. The van der Waals surface area contributed by atoms with Gasteiger partial charge in [-0.2, -0.15) is 0 Å². The van der Waals surface area contributed by atoms with Crippen molar-refractivity contribution >= 4 is 11.6 Å². The standard InChI is InChI=1S/C18H22N2O2/c1-12-5-3-6-13(2)20(12)18(21)17-10-9-16(22-17)14-7-4-8-15(19)11-14/h4,7-13H,3,5-6,19H2,1-2H3/t12-,13+. The van der Waals surface area contributed by atoms with Crippen molar-refractivity contribution in [3.8, 4) is 11.3 Å². The van der Waals surface area contributed by atoms with Gasteiger partial charge in [-0.25, -0.2) is 0 Å². The summed E-state index contributed by atoms with van der Waals surface area (Å²) < 4.78 is 5.79. The topological polar surface area (TPSA) is 59.5 Å². The van der Waals surface area contributed by atoms with Crippen LogP contribution >= 0.6 is 0 Å². The van der Waals surface area contributed by atoms with Gasteiger partial charge in [0.2, 0.25) is 0 Å². The highest BCUT2D eigenvalue weighted by atomic mass is 16.4. The summed E-state index contributed by atoms with van der Waals surface area (Å²) in [6.45, 7) is 4.21. The number of carbonyl (C=O) groups excluding carboxylic acids is 1. The van der Waals surface area contributed by atoms with Crippen molar-refractivity contribution < 1.29 is 9.21 Å². The molecule has 1 aliphatic heterocycles. The van der Waals surface area contributed by atoms with E-state index in [9.17, 15) is 4.79 Å². The van der Waals surface area contributed by atoms with Crippen LogP contribution in [0.4, 0.5) is 5.69 Å². The molecule has 0 spiro atoms. The molecule has 2 N–H and O–H groups in total. The predicted octanol–water partition coefficient (Wildman–Crippen LogP) is 3.93. The van der Waals surface area contributed by atoms with Crippen LogP contribution < -0.4 is 5.73 Å². The van der Waals surface area contributed by atoms with E-state index in [1.807, 2.05) is 35.2 Å². The van der Waals surface area contributed by atoms with Gasteiger partial charge >= 0.3 is 0 Å². The molecule has 0 unspecified atom stereocenters. The van der Waals surface area contributed by atoms with E-state index in [1.165, 1.54) is 6.42 Å². The number of anilines is 1. The van der Waals surface area contributed by atoms with Gasteiger partial charge in [0.05, 0.1) is 0 Å². The molecule has 0 saturated carbocycles. The third kappa shape index (κ3) is 2.73. The van der Waals surface area contributed by atoms with Crippen LogP contribution in [-0.2, 0) is 0 Å². The highest BCUT2D eigenvalue weighted by Crippen LogP contribution is 2.28. The van der Waals surface area contributed by atoms with Crippen molar-refractivity contribution in [1.82, 2.24) is 4.90 Å². The number of likely N-dealkylation sites (tertiary alicyclic amines) is 1. The Labute approximate surface area is 130 Å². The molecule has 2 aromatic rings. The monoisotopic (exact) mass is 298 g/mol. The Balaban J connectivity index is 1.85. The van der Waals surface area contributed by atoms with E-state index >= 15 is 0 Å². The van der Waals surface area contributed by atoms with Gasteiger partial charge in [0.15, 0.2) is 5.76 Å². The second-order valence-corrected chi connectivity index (χ2v) is 6.13. The van der Waals surface area contributed by atoms with Gasteiger partial charge in [-0.1, -0.05) is 12.1 Å². The zero-order valence-corrected chi connectivity index (χ0v) is 13.1. The van der Waals surface area contributed by atoms with E-state index in [0.717, 1.165) is 18.4 Å². The van der Waals surface area contributed by atoms with Crippen LogP contribution in [0.5, 0.6) is 0 Å². The molecule has 22 heavy (non-hydrogen) atoms. The number of nitrogen functional groups attached to an aromatic ring is 1. The SMILES string of the molecule is C[C@@H]1CCC[C@H](C)N1C(=O)c1ccc(-c2cccc(N)c2)o1. The zero-order valence-electron chi connectivity index (χ0n) is 13.1. The van der Waals surface area contributed by atoms with Crippen LogP contribution in [0.3, 0.4) is 0 Å². The van der Waals surface area contributed by atoms with Crippen LogP contribution in [0.15, 0.2) is 40.8 Å². The summed E-state index contributed by atoms with van der Waals surface area (Å²) >= 11 is 0. The van der Waals surface area contributed by atoms with E-state index in [2.05, 4.69) is 13.8 Å². The minimum absolute atomic E-state index is 0.0187. The van der Waals surface area contributed by atoms with E-state index in [1.54, 1.807) is 6.07 Å². The molecule has 1 aromatic heterocycles. The summed E-state index contributed by atoms with van der Waals surface area (Å²) in [5.41, 5.74) is 7.37. The van der Waals surface area contributed by atoms with Crippen molar-refractivity contribution in [1.29, 1.82) is 0 Å². The molecule has 1 fully saturated rings. The Morgan fingerprint density at radius 1 is 1.18 bits per heavy atom. The number of hydrogen-bond acceptors (Lipinski definition) is 3. The number of hydrogen-bond donors (Lipinski definition) is 1. The van der Waals surface area contributed by atoms with Crippen LogP contribution in [0.25, 0.3) is 11.3 Å². The minimum Gasteiger partial charge on any atom is -0.451 e. The van der Waals surface area contributed by atoms with Crippen LogP contribution in [0.1, 0.15) is 43.7 Å². The van der Waals surface area contributed by atoms with Crippen LogP contribution in [0.2, 0.25) is 0 Å². The summed E-state index contributed by atoms with van der Waals surface area (Å²) in [6, 6.07) is 11.6. The second kappa shape index (κ2) is 5.87. The van der Waals surface area contributed by atoms with E-state index < -0.39 is 0 Å². The number of rotatable bonds is 2. The van der Waals surface area contributed by atoms with Crippen molar-refractivity contribution in [2.24, 2.45) is 0 Å². The Bertz CT molecular complexity index is 667. The molecule has 1 aliphatic rings. The van der Waals surface area contributed by atoms with E-state index in [4.69, 9.17) is 10.2 Å². The quantitative estimate of drug-likeness (QED) is 0.854.